The van der Waals surface area contributed by atoms with Gasteiger partial charge in [-0.3, -0.25) is 14.4 Å². The van der Waals surface area contributed by atoms with Gasteiger partial charge in [-0.2, -0.15) is 0 Å². The van der Waals surface area contributed by atoms with E-state index in [9.17, 15) is 14.4 Å². The third kappa shape index (κ3) is 3.63. The first-order valence-electron chi connectivity index (χ1n) is 8.47. The number of benzene rings is 1. The molecule has 0 spiro atoms. The Kier molecular flexibility index (Phi) is 4.99. The van der Waals surface area contributed by atoms with Crippen molar-refractivity contribution in [3.05, 3.63) is 28.8 Å². The van der Waals surface area contributed by atoms with Gasteiger partial charge in [0.2, 0.25) is 17.7 Å². The summed E-state index contributed by atoms with van der Waals surface area (Å²) < 4.78 is 0. The zero-order valence-electron chi connectivity index (χ0n) is 14.5. The molecule has 2 aliphatic heterocycles. The van der Waals surface area contributed by atoms with E-state index in [1.807, 2.05) is 13.0 Å². The molecule has 1 atom stereocenters. The average Bonchev–Trinajstić information content (AvgIpc) is 2.98. The summed E-state index contributed by atoms with van der Waals surface area (Å²) in [6, 6.07) is 5.44. The van der Waals surface area contributed by atoms with Crippen LogP contribution in [-0.4, -0.2) is 60.2 Å². The van der Waals surface area contributed by atoms with Crippen molar-refractivity contribution in [2.24, 2.45) is 5.92 Å². The highest BCUT2D eigenvalue weighted by Crippen LogP contribution is 2.31. The predicted octanol–water partition coefficient (Wildman–Crippen LogP) is 1.69. The lowest BCUT2D eigenvalue weighted by Crippen LogP contribution is -2.51. The molecule has 25 heavy (non-hydrogen) atoms. The number of hydrogen-bond acceptors (Lipinski definition) is 3. The number of carbonyl (C=O) groups is 3. The van der Waals surface area contributed by atoms with E-state index in [4.69, 9.17) is 11.6 Å². The molecule has 7 heteroatoms. The largest absolute Gasteiger partial charge is 0.339 e. The minimum absolute atomic E-state index is 0.00117. The van der Waals surface area contributed by atoms with Crippen LogP contribution in [0, 0.1) is 12.8 Å². The molecule has 0 bridgehead atoms. The van der Waals surface area contributed by atoms with Gasteiger partial charge in [0.25, 0.3) is 0 Å². The highest BCUT2D eigenvalue weighted by molar-refractivity contribution is 6.31. The van der Waals surface area contributed by atoms with Crippen molar-refractivity contribution in [1.82, 2.24) is 9.80 Å². The summed E-state index contributed by atoms with van der Waals surface area (Å²) in [6.07, 6.45) is 0.220. The standard InChI is InChI=1S/C18H22ClN3O3/c1-12-3-4-15(19)10-16(12)22-11-14(9-17(22)24)18(25)21-7-5-20(6-8-21)13(2)23/h3-4,10,14H,5-9,11H2,1-2H3. The molecule has 0 saturated carbocycles. The van der Waals surface area contributed by atoms with Crippen molar-refractivity contribution in [2.75, 3.05) is 37.6 Å². The maximum Gasteiger partial charge on any atom is 0.228 e. The van der Waals surface area contributed by atoms with Gasteiger partial charge in [-0.25, -0.2) is 0 Å². The van der Waals surface area contributed by atoms with Crippen LogP contribution in [-0.2, 0) is 14.4 Å². The maximum absolute atomic E-state index is 12.8. The molecule has 3 amide bonds. The number of nitrogens with zero attached hydrogens (tertiary/aromatic N) is 3. The van der Waals surface area contributed by atoms with Gasteiger partial charge >= 0.3 is 0 Å². The highest BCUT2D eigenvalue weighted by Gasteiger charge is 2.38. The lowest BCUT2D eigenvalue weighted by Gasteiger charge is -2.35. The van der Waals surface area contributed by atoms with Crippen LogP contribution >= 0.6 is 11.6 Å². The topological polar surface area (TPSA) is 60.9 Å². The van der Waals surface area contributed by atoms with Crippen molar-refractivity contribution in [2.45, 2.75) is 20.3 Å². The second-order valence-electron chi connectivity index (χ2n) is 6.67. The van der Waals surface area contributed by atoms with Gasteiger partial charge in [0.05, 0.1) is 5.92 Å². The fraction of sp³-hybridized carbons (Fsp3) is 0.500. The minimum atomic E-state index is -0.338. The minimum Gasteiger partial charge on any atom is -0.339 e. The smallest absolute Gasteiger partial charge is 0.228 e. The molecule has 2 aliphatic rings. The van der Waals surface area contributed by atoms with Crippen molar-refractivity contribution in [3.63, 3.8) is 0 Å². The summed E-state index contributed by atoms with van der Waals surface area (Å²) >= 11 is 6.06. The fourth-order valence-corrected chi connectivity index (χ4v) is 3.65. The molecular weight excluding hydrogens is 342 g/mol. The van der Waals surface area contributed by atoms with Crippen molar-refractivity contribution in [3.8, 4) is 0 Å². The highest BCUT2D eigenvalue weighted by atomic mass is 35.5. The van der Waals surface area contributed by atoms with E-state index in [2.05, 4.69) is 0 Å². The van der Waals surface area contributed by atoms with Crippen molar-refractivity contribution in [1.29, 1.82) is 0 Å². The van der Waals surface area contributed by atoms with Gasteiger partial charge in [-0.1, -0.05) is 17.7 Å². The Balaban J connectivity index is 1.67. The summed E-state index contributed by atoms with van der Waals surface area (Å²) in [7, 11) is 0. The molecule has 2 heterocycles. The Hall–Kier alpha value is -2.08. The molecule has 0 aromatic heterocycles. The summed E-state index contributed by atoms with van der Waals surface area (Å²) in [5.74, 6) is -0.356. The van der Waals surface area contributed by atoms with Gasteiger partial charge in [-0.15, -0.1) is 0 Å². The van der Waals surface area contributed by atoms with Crippen LogP contribution in [0.25, 0.3) is 0 Å². The van der Waals surface area contributed by atoms with Gasteiger partial charge in [0.15, 0.2) is 0 Å². The summed E-state index contributed by atoms with van der Waals surface area (Å²) in [5, 5.41) is 0.573. The van der Waals surface area contributed by atoms with Crippen LogP contribution in [0.3, 0.4) is 0 Å². The van der Waals surface area contributed by atoms with Crippen molar-refractivity contribution >= 4 is 35.0 Å². The Bertz CT molecular complexity index is 714. The van der Waals surface area contributed by atoms with E-state index in [1.54, 1.807) is 26.8 Å². The molecule has 1 aromatic rings. The number of amides is 3. The van der Waals surface area contributed by atoms with E-state index in [0.717, 1.165) is 11.3 Å². The Morgan fingerprint density at radius 1 is 1.12 bits per heavy atom. The SMILES string of the molecule is CC(=O)N1CCN(C(=O)C2CC(=O)N(c3cc(Cl)ccc3C)C2)CC1. The summed E-state index contributed by atoms with van der Waals surface area (Å²) in [5.41, 5.74) is 1.73. The lowest BCUT2D eigenvalue weighted by atomic mass is 10.1. The Morgan fingerprint density at radius 2 is 1.76 bits per heavy atom. The Morgan fingerprint density at radius 3 is 2.40 bits per heavy atom. The van der Waals surface area contributed by atoms with Gasteiger partial charge in [0.1, 0.15) is 0 Å². The first-order valence-corrected chi connectivity index (χ1v) is 8.85. The first kappa shape index (κ1) is 17.7. The van der Waals surface area contributed by atoms with Crippen LogP contribution in [0.4, 0.5) is 5.69 Å². The van der Waals surface area contributed by atoms with E-state index in [1.165, 1.54) is 6.92 Å². The number of aryl methyl sites for hydroxylation is 1. The molecule has 0 N–H and O–H groups in total. The molecule has 6 nitrogen and oxygen atoms in total. The van der Waals surface area contributed by atoms with E-state index in [0.29, 0.717) is 37.7 Å². The van der Waals surface area contributed by atoms with Gasteiger partial charge in [-0.05, 0) is 24.6 Å². The molecular formula is C18H22ClN3O3. The number of carbonyl (C=O) groups excluding carboxylic acids is 3. The molecule has 2 saturated heterocycles. The van der Waals surface area contributed by atoms with E-state index >= 15 is 0 Å². The third-order valence-corrected chi connectivity index (χ3v) is 5.21. The molecule has 1 unspecified atom stereocenters. The van der Waals surface area contributed by atoms with Crippen LogP contribution in [0.2, 0.25) is 5.02 Å². The van der Waals surface area contributed by atoms with Crippen LogP contribution in [0.1, 0.15) is 18.9 Å². The summed E-state index contributed by atoms with van der Waals surface area (Å²) in [4.78, 5) is 41.8. The molecule has 0 radical (unpaired) electrons. The normalized spacial score (nSPS) is 21.0. The second kappa shape index (κ2) is 7.04. The lowest BCUT2D eigenvalue weighted by molar-refractivity contribution is -0.141. The fourth-order valence-electron chi connectivity index (χ4n) is 3.48. The zero-order chi connectivity index (χ0) is 18.1. The second-order valence-corrected chi connectivity index (χ2v) is 7.10. The molecule has 2 fully saturated rings. The van der Waals surface area contributed by atoms with Crippen LogP contribution < -0.4 is 4.90 Å². The molecule has 0 aliphatic carbocycles. The van der Waals surface area contributed by atoms with Crippen LogP contribution in [0.5, 0.6) is 0 Å². The average molecular weight is 364 g/mol. The number of rotatable bonds is 2. The van der Waals surface area contributed by atoms with Gasteiger partial charge < -0.3 is 14.7 Å². The number of hydrogen-bond donors (Lipinski definition) is 0. The number of anilines is 1. The molecule has 1 aromatic carbocycles. The van der Waals surface area contributed by atoms with Gasteiger partial charge in [0, 0.05) is 56.8 Å². The van der Waals surface area contributed by atoms with E-state index < -0.39 is 0 Å². The predicted molar refractivity (Wildman–Crippen MR) is 95.5 cm³/mol. The molecule has 134 valence electrons. The maximum atomic E-state index is 12.8. The first-order chi connectivity index (χ1) is 11.9. The summed E-state index contributed by atoms with van der Waals surface area (Å²) in [6.45, 7) is 6.01. The van der Waals surface area contributed by atoms with E-state index in [-0.39, 0.29) is 30.1 Å². The quantitative estimate of drug-likeness (QED) is 0.803. The van der Waals surface area contributed by atoms with Crippen LogP contribution in [0.15, 0.2) is 18.2 Å². The zero-order valence-corrected chi connectivity index (χ0v) is 15.3. The number of halogens is 1. The number of piperazine rings is 1. The third-order valence-electron chi connectivity index (χ3n) is 4.97. The molecule has 3 rings (SSSR count). The Labute approximate surface area is 152 Å². The monoisotopic (exact) mass is 363 g/mol. The van der Waals surface area contributed by atoms with Crippen molar-refractivity contribution < 1.29 is 14.4 Å².